The number of halogens is 3. The van der Waals surface area contributed by atoms with Gasteiger partial charge in [0.05, 0.1) is 21.6 Å². The number of nitrogens with two attached hydrogens (primary N) is 1. The summed E-state index contributed by atoms with van der Waals surface area (Å²) in [6.07, 6.45) is -4.10. The Morgan fingerprint density at radius 3 is 2.26 bits per heavy atom. The minimum absolute atomic E-state index is 0.163. The molecular weight excluding hydrogens is 261 g/mol. The summed E-state index contributed by atoms with van der Waals surface area (Å²) in [5.74, 6) is 0. The molecule has 2 N–H and O–H groups in total. The molecule has 1 atom stereocenters. The van der Waals surface area contributed by atoms with E-state index in [9.17, 15) is 23.3 Å². The molecule has 0 aromatic heterocycles. The maximum absolute atomic E-state index is 12.6. The number of alkyl halides is 3. The van der Waals surface area contributed by atoms with Crippen LogP contribution in [-0.4, -0.2) is 4.92 Å². The van der Waals surface area contributed by atoms with Gasteiger partial charge in [-0.2, -0.15) is 13.2 Å². The van der Waals surface area contributed by atoms with Gasteiger partial charge in [0.25, 0.3) is 5.69 Å². The summed E-state index contributed by atoms with van der Waals surface area (Å²) in [5, 5.41) is 11.0. The van der Waals surface area contributed by atoms with Crippen LogP contribution in [0.1, 0.15) is 31.4 Å². The average Bonchev–Trinajstić information content (AvgIpc) is 2.77. The fourth-order valence-corrected chi connectivity index (χ4v) is 2.35. The molecular formula is C12H13F3N2O2. The lowest BCUT2D eigenvalue weighted by atomic mass is 9.94. The zero-order chi connectivity index (χ0) is 14.6. The van der Waals surface area contributed by atoms with Gasteiger partial charge in [-0.15, -0.1) is 0 Å². The van der Waals surface area contributed by atoms with Crippen molar-refractivity contribution < 1.29 is 18.1 Å². The van der Waals surface area contributed by atoms with Crippen LogP contribution in [0.3, 0.4) is 0 Å². The summed E-state index contributed by atoms with van der Waals surface area (Å²) < 4.78 is 37.7. The van der Waals surface area contributed by atoms with Crippen molar-refractivity contribution in [2.45, 2.75) is 32.0 Å². The number of hydrogen-bond donors (Lipinski definition) is 1. The molecule has 0 radical (unpaired) electrons. The highest BCUT2D eigenvalue weighted by Gasteiger charge is 2.61. The van der Waals surface area contributed by atoms with Crippen LogP contribution < -0.4 is 5.73 Å². The fourth-order valence-electron chi connectivity index (χ4n) is 2.35. The maximum Gasteiger partial charge on any atom is 0.416 e. The molecule has 4 nitrogen and oxygen atoms in total. The first-order chi connectivity index (χ1) is 8.49. The number of hydrogen-bond acceptors (Lipinski definition) is 3. The van der Waals surface area contributed by atoms with E-state index in [0.29, 0.717) is 12.5 Å². The predicted octanol–water partition coefficient (Wildman–Crippen LogP) is 3.20. The number of nitrogens with zero attached hydrogens (tertiary/aromatic N) is 1. The lowest BCUT2D eigenvalue weighted by molar-refractivity contribution is -0.386. The Labute approximate surface area is 107 Å². The maximum atomic E-state index is 12.6. The zero-order valence-electron chi connectivity index (χ0n) is 10.4. The van der Waals surface area contributed by atoms with E-state index in [2.05, 4.69) is 0 Å². The molecule has 7 heteroatoms. The van der Waals surface area contributed by atoms with Crippen molar-refractivity contribution in [3.63, 3.8) is 0 Å². The third-order valence-electron chi connectivity index (χ3n) is 3.81. The lowest BCUT2D eigenvalue weighted by Crippen LogP contribution is -2.26. The van der Waals surface area contributed by atoms with Gasteiger partial charge in [-0.3, -0.25) is 10.1 Å². The summed E-state index contributed by atoms with van der Waals surface area (Å²) in [6.45, 7) is 3.66. The van der Waals surface area contributed by atoms with Gasteiger partial charge in [0, 0.05) is 6.07 Å². The highest BCUT2D eigenvalue weighted by atomic mass is 19.4. The largest absolute Gasteiger partial charge is 0.416 e. The van der Waals surface area contributed by atoms with Crippen LogP contribution in [0.4, 0.5) is 18.9 Å². The van der Waals surface area contributed by atoms with Gasteiger partial charge in [-0.05, 0) is 24.0 Å². The number of benzene rings is 1. The molecule has 1 aliphatic rings. The van der Waals surface area contributed by atoms with E-state index in [1.54, 1.807) is 0 Å². The first kappa shape index (κ1) is 13.8. The van der Waals surface area contributed by atoms with Gasteiger partial charge >= 0.3 is 6.18 Å². The normalized spacial score (nSPS) is 25.2. The highest BCUT2D eigenvalue weighted by Crippen LogP contribution is 2.62. The Morgan fingerprint density at radius 1 is 1.37 bits per heavy atom. The second-order valence-electron chi connectivity index (χ2n) is 5.52. The molecule has 0 spiro atoms. The van der Waals surface area contributed by atoms with Crippen LogP contribution >= 0.6 is 0 Å². The second-order valence-corrected chi connectivity index (χ2v) is 5.52. The number of rotatable bonds is 2. The summed E-state index contributed by atoms with van der Waals surface area (Å²) in [5.41, 5.74) is 3.34. The van der Waals surface area contributed by atoms with E-state index in [-0.39, 0.29) is 11.0 Å². The zero-order valence-corrected chi connectivity index (χ0v) is 10.4. The third-order valence-corrected chi connectivity index (χ3v) is 3.81. The quantitative estimate of drug-likeness (QED) is 0.665. The summed E-state index contributed by atoms with van der Waals surface area (Å²) >= 11 is 0. The van der Waals surface area contributed by atoms with Crippen LogP contribution in [0.15, 0.2) is 18.2 Å². The van der Waals surface area contributed by atoms with Crippen LogP contribution in [0.2, 0.25) is 0 Å². The highest BCUT2D eigenvalue weighted by molar-refractivity contribution is 5.52. The Balaban J connectivity index is 2.56. The molecule has 19 heavy (non-hydrogen) atoms. The lowest BCUT2D eigenvalue weighted by Gasteiger charge is -2.16. The molecule has 0 heterocycles. The van der Waals surface area contributed by atoms with Crippen molar-refractivity contribution >= 4 is 5.69 Å². The molecule has 1 saturated carbocycles. The van der Waals surface area contributed by atoms with Gasteiger partial charge in [0.2, 0.25) is 0 Å². The minimum Gasteiger partial charge on any atom is -0.321 e. The van der Waals surface area contributed by atoms with Gasteiger partial charge < -0.3 is 5.73 Å². The Morgan fingerprint density at radius 2 is 1.89 bits per heavy atom. The fraction of sp³-hybridized carbons (Fsp3) is 0.500. The first-order valence-electron chi connectivity index (χ1n) is 5.64. The topological polar surface area (TPSA) is 69.2 Å². The van der Waals surface area contributed by atoms with E-state index in [1.165, 1.54) is 0 Å². The van der Waals surface area contributed by atoms with Crippen molar-refractivity contribution in [3.8, 4) is 0 Å². The molecule has 1 aromatic rings. The standard InChI is InChI=1S/C12H13F3N2O2/c1-10(2)6-11(10,16)8-4-3-7(12(13,14)15)5-9(8)17(18)19/h3-5H,6,16H2,1-2H3. The smallest absolute Gasteiger partial charge is 0.321 e. The van der Waals surface area contributed by atoms with E-state index in [0.717, 1.165) is 12.1 Å². The molecule has 1 fully saturated rings. The summed E-state index contributed by atoms with van der Waals surface area (Å²) in [7, 11) is 0. The van der Waals surface area contributed by atoms with E-state index < -0.39 is 27.9 Å². The van der Waals surface area contributed by atoms with E-state index in [1.807, 2.05) is 13.8 Å². The summed E-state index contributed by atoms with van der Waals surface area (Å²) in [6, 6.07) is 2.51. The van der Waals surface area contributed by atoms with Crippen molar-refractivity contribution in [1.82, 2.24) is 0 Å². The summed E-state index contributed by atoms with van der Waals surface area (Å²) in [4.78, 5) is 10.2. The molecule has 0 amide bonds. The average molecular weight is 274 g/mol. The van der Waals surface area contributed by atoms with Crippen LogP contribution in [0.25, 0.3) is 0 Å². The molecule has 1 aliphatic carbocycles. The molecule has 0 aliphatic heterocycles. The monoisotopic (exact) mass is 274 g/mol. The van der Waals surface area contributed by atoms with Crippen molar-refractivity contribution in [2.75, 3.05) is 0 Å². The molecule has 2 rings (SSSR count). The van der Waals surface area contributed by atoms with Crippen molar-refractivity contribution in [1.29, 1.82) is 0 Å². The molecule has 1 unspecified atom stereocenters. The van der Waals surface area contributed by atoms with Gasteiger partial charge in [-0.25, -0.2) is 0 Å². The predicted molar refractivity (Wildman–Crippen MR) is 62.4 cm³/mol. The molecule has 1 aromatic carbocycles. The molecule has 104 valence electrons. The Bertz CT molecular complexity index is 554. The van der Waals surface area contributed by atoms with E-state index >= 15 is 0 Å². The third kappa shape index (κ3) is 2.07. The van der Waals surface area contributed by atoms with Gasteiger partial charge in [0.15, 0.2) is 0 Å². The van der Waals surface area contributed by atoms with Gasteiger partial charge in [0.1, 0.15) is 0 Å². The Kier molecular flexibility index (Phi) is 2.68. The van der Waals surface area contributed by atoms with Crippen LogP contribution in [-0.2, 0) is 11.7 Å². The van der Waals surface area contributed by atoms with Crippen molar-refractivity contribution in [2.24, 2.45) is 11.1 Å². The van der Waals surface area contributed by atoms with Gasteiger partial charge in [-0.1, -0.05) is 13.8 Å². The van der Waals surface area contributed by atoms with Crippen molar-refractivity contribution in [3.05, 3.63) is 39.4 Å². The Hall–Kier alpha value is -1.63. The molecule has 0 saturated heterocycles. The second kappa shape index (κ2) is 3.69. The SMILES string of the molecule is CC1(C)CC1(N)c1ccc(C(F)(F)F)cc1[N+](=O)[O-]. The number of nitro groups is 1. The van der Waals surface area contributed by atoms with Crippen LogP contribution in [0, 0.1) is 15.5 Å². The molecule has 0 bridgehead atoms. The first-order valence-corrected chi connectivity index (χ1v) is 5.64. The van der Waals surface area contributed by atoms with E-state index in [4.69, 9.17) is 5.73 Å². The van der Waals surface area contributed by atoms with Crippen LogP contribution in [0.5, 0.6) is 0 Å². The minimum atomic E-state index is -4.61. The number of nitro benzene ring substituents is 1.